The summed E-state index contributed by atoms with van der Waals surface area (Å²) in [4.78, 5) is 0. The molecule has 0 unspecified atom stereocenters. The molecule has 1 aliphatic rings. The van der Waals surface area contributed by atoms with Gasteiger partial charge in [-0.2, -0.15) is 13.2 Å². The molecule has 1 aromatic carbocycles. The summed E-state index contributed by atoms with van der Waals surface area (Å²) in [6, 6.07) is 1.79. The Morgan fingerprint density at radius 1 is 1.33 bits per heavy atom. The molecule has 0 spiro atoms. The molecule has 3 N–H and O–H groups in total. The van der Waals surface area contributed by atoms with Crippen LogP contribution in [0.2, 0.25) is 0 Å². The van der Waals surface area contributed by atoms with Crippen LogP contribution < -0.4 is 5.73 Å². The number of alkyl halides is 3. The summed E-state index contributed by atoms with van der Waals surface area (Å²) in [5.41, 5.74) is 5.06. The van der Waals surface area contributed by atoms with E-state index >= 15 is 0 Å². The van der Waals surface area contributed by atoms with Gasteiger partial charge in [0, 0.05) is 16.1 Å². The molecule has 1 aliphatic carbocycles. The average Bonchev–Trinajstić information content (AvgIpc) is 2.16. The number of rotatable bonds is 2. The van der Waals surface area contributed by atoms with E-state index in [1.54, 1.807) is 0 Å². The fraction of sp³-hybridized carbons (Fsp3) is 0.500. The molecule has 1 atom stereocenters. The monoisotopic (exact) mass is 323 g/mol. The normalized spacial score (nSPS) is 18.5. The number of nitrogens with two attached hydrogens (primary N) is 1. The SMILES string of the molecule is N[C@H](c1cc(Br)cc(C(F)(F)F)c1O)C1CCC1. The van der Waals surface area contributed by atoms with E-state index in [0.717, 1.165) is 25.3 Å². The lowest BCUT2D eigenvalue weighted by Gasteiger charge is -2.32. The standard InChI is InChI=1S/C12H13BrF3NO/c13-7-4-8(10(17)6-2-1-3-6)11(18)9(5-7)12(14,15)16/h4-6,10,18H,1-3,17H2/t10-/m0/s1. The average molecular weight is 324 g/mol. The Morgan fingerprint density at radius 3 is 2.39 bits per heavy atom. The van der Waals surface area contributed by atoms with Crippen molar-refractivity contribution < 1.29 is 18.3 Å². The van der Waals surface area contributed by atoms with Crippen LogP contribution in [0.15, 0.2) is 16.6 Å². The van der Waals surface area contributed by atoms with Gasteiger partial charge in [0.2, 0.25) is 0 Å². The lowest BCUT2D eigenvalue weighted by molar-refractivity contribution is -0.138. The molecule has 0 bridgehead atoms. The molecule has 2 rings (SSSR count). The lowest BCUT2D eigenvalue weighted by atomic mass is 9.77. The first-order chi connectivity index (χ1) is 8.30. The summed E-state index contributed by atoms with van der Waals surface area (Å²) in [6.45, 7) is 0. The molecular weight excluding hydrogens is 311 g/mol. The van der Waals surface area contributed by atoms with Crippen molar-refractivity contribution in [3.63, 3.8) is 0 Å². The Hall–Kier alpha value is -0.750. The number of hydrogen-bond donors (Lipinski definition) is 2. The van der Waals surface area contributed by atoms with E-state index in [9.17, 15) is 18.3 Å². The van der Waals surface area contributed by atoms with Crippen LogP contribution in [0.25, 0.3) is 0 Å². The Bertz CT molecular complexity index is 457. The van der Waals surface area contributed by atoms with Gasteiger partial charge in [-0.05, 0) is 30.9 Å². The second kappa shape index (κ2) is 4.74. The third-order valence-electron chi connectivity index (χ3n) is 3.43. The fourth-order valence-corrected chi connectivity index (χ4v) is 2.62. The van der Waals surface area contributed by atoms with Gasteiger partial charge in [-0.15, -0.1) is 0 Å². The quantitative estimate of drug-likeness (QED) is 0.864. The molecule has 100 valence electrons. The van der Waals surface area contributed by atoms with E-state index in [4.69, 9.17) is 5.73 Å². The smallest absolute Gasteiger partial charge is 0.420 e. The summed E-state index contributed by atoms with van der Waals surface area (Å²) >= 11 is 3.03. The second-order valence-corrected chi connectivity index (χ2v) is 5.52. The molecule has 1 saturated carbocycles. The minimum Gasteiger partial charge on any atom is -0.507 e. The third-order valence-corrected chi connectivity index (χ3v) is 3.88. The van der Waals surface area contributed by atoms with Gasteiger partial charge in [0.05, 0.1) is 5.56 Å². The van der Waals surface area contributed by atoms with Gasteiger partial charge in [-0.1, -0.05) is 22.4 Å². The summed E-state index contributed by atoms with van der Waals surface area (Å²) < 4.78 is 38.5. The van der Waals surface area contributed by atoms with E-state index in [0.29, 0.717) is 0 Å². The van der Waals surface area contributed by atoms with Gasteiger partial charge in [0.15, 0.2) is 0 Å². The van der Waals surface area contributed by atoms with Crippen LogP contribution in [-0.2, 0) is 6.18 Å². The van der Waals surface area contributed by atoms with Crippen LogP contribution in [-0.4, -0.2) is 5.11 Å². The molecule has 0 saturated heterocycles. The molecule has 2 nitrogen and oxygen atoms in total. The van der Waals surface area contributed by atoms with Gasteiger partial charge in [-0.25, -0.2) is 0 Å². The van der Waals surface area contributed by atoms with Gasteiger partial charge in [0.25, 0.3) is 0 Å². The summed E-state index contributed by atoms with van der Waals surface area (Å²) in [5, 5.41) is 9.77. The minimum atomic E-state index is -4.58. The van der Waals surface area contributed by atoms with E-state index in [1.807, 2.05) is 0 Å². The van der Waals surface area contributed by atoms with Crippen LogP contribution in [0.5, 0.6) is 5.75 Å². The van der Waals surface area contributed by atoms with E-state index in [2.05, 4.69) is 15.9 Å². The molecule has 0 amide bonds. The van der Waals surface area contributed by atoms with Crippen LogP contribution in [0.4, 0.5) is 13.2 Å². The number of benzene rings is 1. The Labute approximate surface area is 111 Å². The van der Waals surface area contributed by atoms with E-state index in [-0.39, 0.29) is 16.0 Å². The fourth-order valence-electron chi connectivity index (χ4n) is 2.14. The zero-order chi connectivity index (χ0) is 13.5. The molecule has 6 heteroatoms. The maximum absolute atomic E-state index is 12.7. The highest BCUT2D eigenvalue weighted by atomic mass is 79.9. The number of halogens is 4. The molecule has 1 aromatic rings. The largest absolute Gasteiger partial charge is 0.507 e. The minimum absolute atomic E-state index is 0.159. The van der Waals surface area contributed by atoms with E-state index < -0.39 is 23.5 Å². The first kappa shape index (κ1) is 13.7. The molecule has 0 heterocycles. The first-order valence-corrected chi connectivity index (χ1v) is 6.45. The van der Waals surface area contributed by atoms with Crippen molar-refractivity contribution in [1.29, 1.82) is 0 Å². The number of phenolic OH excluding ortho intramolecular Hbond substituents is 1. The summed E-state index contributed by atoms with van der Waals surface area (Å²) in [6.07, 6.45) is -1.75. The van der Waals surface area contributed by atoms with Gasteiger partial charge in [0.1, 0.15) is 5.75 Å². The first-order valence-electron chi connectivity index (χ1n) is 5.66. The van der Waals surface area contributed by atoms with Crippen molar-refractivity contribution in [3.05, 3.63) is 27.7 Å². The highest BCUT2D eigenvalue weighted by molar-refractivity contribution is 9.10. The van der Waals surface area contributed by atoms with Gasteiger partial charge >= 0.3 is 6.18 Å². The predicted octanol–water partition coefficient (Wildman–Crippen LogP) is 3.97. The lowest BCUT2D eigenvalue weighted by Crippen LogP contribution is -2.27. The zero-order valence-electron chi connectivity index (χ0n) is 9.47. The Morgan fingerprint density at radius 2 is 1.94 bits per heavy atom. The predicted molar refractivity (Wildman–Crippen MR) is 65.1 cm³/mol. The maximum atomic E-state index is 12.7. The molecule has 0 aliphatic heterocycles. The molecular formula is C12H13BrF3NO. The Balaban J connectivity index is 2.44. The van der Waals surface area contributed by atoms with E-state index in [1.165, 1.54) is 6.07 Å². The molecule has 0 radical (unpaired) electrons. The third kappa shape index (κ3) is 2.49. The summed E-state index contributed by atoms with van der Waals surface area (Å²) in [7, 11) is 0. The van der Waals surface area contributed by atoms with Crippen molar-refractivity contribution in [2.24, 2.45) is 11.7 Å². The molecule has 18 heavy (non-hydrogen) atoms. The van der Waals surface area contributed by atoms with Crippen molar-refractivity contribution in [1.82, 2.24) is 0 Å². The van der Waals surface area contributed by atoms with Crippen molar-refractivity contribution in [2.45, 2.75) is 31.5 Å². The van der Waals surface area contributed by atoms with Gasteiger partial charge < -0.3 is 10.8 Å². The highest BCUT2D eigenvalue weighted by Gasteiger charge is 2.37. The molecule has 0 aromatic heterocycles. The Kier molecular flexibility index (Phi) is 3.60. The summed E-state index contributed by atoms with van der Waals surface area (Å²) in [5.74, 6) is -0.587. The van der Waals surface area contributed by atoms with Crippen LogP contribution in [0.3, 0.4) is 0 Å². The maximum Gasteiger partial charge on any atom is 0.420 e. The second-order valence-electron chi connectivity index (χ2n) is 4.61. The van der Waals surface area contributed by atoms with Gasteiger partial charge in [-0.3, -0.25) is 0 Å². The van der Waals surface area contributed by atoms with Crippen molar-refractivity contribution >= 4 is 15.9 Å². The van der Waals surface area contributed by atoms with Crippen LogP contribution in [0.1, 0.15) is 36.4 Å². The molecule has 1 fully saturated rings. The van der Waals surface area contributed by atoms with Crippen molar-refractivity contribution in [3.8, 4) is 5.75 Å². The number of phenols is 1. The van der Waals surface area contributed by atoms with Crippen molar-refractivity contribution in [2.75, 3.05) is 0 Å². The topological polar surface area (TPSA) is 46.2 Å². The number of hydrogen-bond acceptors (Lipinski definition) is 2. The number of aromatic hydroxyl groups is 1. The highest BCUT2D eigenvalue weighted by Crippen LogP contribution is 2.45. The van der Waals surface area contributed by atoms with Crippen LogP contribution >= 0.6 is 15.9 Å². The zero-order valence-corrected chi connectivity index (χ0v) is 11.1. The van der Waals surface area contributed by atoms with Crippen LogP contribution in [0, 0.1) is 5.92 Å².